The number of nitrogens with one attached hydrogen (secondary N) is 1. The maximum atomic E-state index is 13.0. The lowest BCUT2D eigenvalue weighted by Crippen LogP contribution is -2.36. The van der Waals surface area contributed by atoms with Crippen LogP contribution in [0.15, 0.2) is 51.7 Å². The van der Waals surface area contributed by atoms with Crippen molar-refractivity contribution in [3.63, 3.8) is 0 Å². The monoisotopic (exact) mass is 431 g/mol. The first-order valence-corrected chi connectivity index (χ1v) is 9.66. The number of fused-ring (bicyclic) bond motifs is 1. The second kappa shape index (κ2) is 9.75. The Bertz CT molecular complexity index is 1090. The van der Waals surface area contributed by atoms with E-state index in [0.29, 0.717) is 33.1 Å². The number of amides is 1. The molecule has 3 rings (SSSR count). The predicted octanol–water partition coefficient (Wildman–Crippen LogP) is 2.92. The molecule has 2 N–H and O–H groups in total. The molecule has 0 spiro atoms. The molecule has 1 amide bonds. The maximum absolute atomic E-state index is 13.0. The third kappa shape index (κ3) is 5.18. The summed E-state index contributed by atoms with van der Waals surface area (Å²) in [5.74, 6) is 0.467. The number of methoxy groups -OCH3 is 1. The van der Waals surface area contributed by atoms with Gasteiger partial charge in [0.15, 0.2) is 6.61 Å². The molecule has 0 aliphatic rings. The molecule has 0 radical (unpaired) electrons. The highest BCUT2D eigenvalue weighted by Gasteiger charge is 2.15. The van der Waals surface area contributed by atoms with E-state index in [9.17, 15) is 14.7 Å². The van der Waals surface area contributed by atoms with Crippen LogP contribution in [0.4, 0.5) is 0 Å². The van der Waals surface area contributed by atoms with E-state index in [0.717, 1.165) is 5.56 Å². The van der Waals surface area contributed by atoms with Crippen LogP contribution in [0.3, 0.4) is 0 Å². The van der Waals surface area contributed by atoms with Gasteiger partial charge >= 0.3 is 0 Å². The molecule has 0 fully saturated rings. The fraction of sp³-hybridized carbons (Fsp3) is 0.273. The first kappa shape index (κ1) is 21.8. The molecule has 0 bridgehead atoms. The Morgan fingerprint density at radius 1 is 1.23 bits per heavy atom. The number of aryl methyl sites for hydroxylation is 1. The molecule has 0 aliphatic carbocycles. The standard InChI is InChI=1S/C22H22ClNO6/c1-13-21(14-3-5-15(23)6-4-14)22(27)18-8-7-17(9-19(18)30-13)29-12-20(26)24-10-16(25)11-28-2/h3-9,16,25H,10-12H2,1-2H3,(H,24,26). The molecule has 3 aromatic rings. The highest BCUT2D eigenvalue weighted by molar-refractivity contribution is 6.30. The highest BCUT2D eigenvalue weighted by atomic mass is 35.5. The van der Waals surface area contributed by atoms with Crippen LogP contribution in [-0.2, 0) is 9.53 Å². The minimum absolute atomic E-state index is 0.0648. The molecule has 158 valence electrons. The van der Waals surface area contributed by atoms with E-state index in [1.54, 1.807) is 49.4 Å². The van der Waals surface area contributed by atoms with E-state index < -0.39 is 6.10 Å². The van der Waals surface area contributed by atoms with Crippen LogP contribution in [0.2, 0.25) is 5.02 Å². The Balaban J connectivity index is 1.75. The van der Waals surface area contributed by atoms with Crippen LogP contribution in [0.5, 0.6) is 5.75 Å². The number of carbonyl (C=O) groups excluding carboxylic acids is 1. The van der Waals surface area contributed by atoms with E-state index >= 15 is 0 Å². The summed E-state index contributed by atoms with van der Waals surface area (Å²) in [7, 11) is 1.46. The maximum Gasteiger partial charge on any atom is 0.258 e. The van der Waals surface area contributed by atoms with Gasteiger partial charge in [0.2, 0.25) is 5.43 Å². The number of rotatable bonds is 8. The van der Waals surface area contributed by atoms with Crippen molar-refractivity contribution < 1.29 is 23.8 Å². The Morgan fingerprint density at radius 2 is 1.97 bits per heavy atom. The van der Waals surface area contributed by atoms with Gasteiger partial charge in [-0.05, 0) is 36.8 Å². The number of aliphatic hydroxyl groups excluding tert-OH is 1. The van der Waals surface area contributed by atoms with Gasteiger partial charge in [0, 0.05) is 24.7 Å². The zero-order valence-electron chi connectivity index (χ0n) is 16.6. The summed E-state index contributed by atoms with van der Waals surface area (Å²) in [5.41, 5.74) is 1.40. The van der Waals surface area contributed by atoms with Crippen LogP contribution < -0.4 is 15.5 Å². The van der Waals surface area contributed by atoms with E-state index in [-0.39, 0.29) is 31.1 Å². The molecule has 30 heavy (non-hydrogen) atoms. The molecular weight excluding hydrogens is 410 g/mol. The number of aliphatic hydroxyl groups is 1. The van der Waals surface area contributed by atoms with Crippen molar-refractivity contribution in [3.8, 4) is 16.9 Å². The van der Waals surface area contributed by atoms with Crippen molar-refractivity contribution in [3.05, 3.63) is 63.5 Å². The molecule has 1 aromatic heterocycles. The normalized spacial score (nSPS) is 12.0. The van der Waals surface area contributed by atoms with E-state index in [1.807, 2.05) is 0 Å². The van der Waals surface area contributed by atoms with Crippen molar-refractivity contribution in [1.82, 2.24) is 5.32 Å². The van der Waals surface area contributed by atoms with Crippen LogP contribution in [0, 0.1) is 6.92 Å². The number of carbonyl (C=O) groups is 1. The second-order valence-corrected chi connectivity index (χ2v) is 7.17. The average Bonchev–Trinajstić information content (AvgIpc) is 2.72. The topological polar surface area (TPSA) is 98.0 Å². The second-order valence-electron chi connectivity index (χ2n) is 6.73. The number of hydrogen-bond acceptors (Lipinski definition) is 6. The fourth-order valence-electron chi connectivity index (χ4n) is 3.01. The van der Waals surface area contributed by atoms with Gasteiger partial charge in [0.05, 0.1) is 23.7 Å². The van der Waals surface area contributed by atoms with Gasteiger partial charge in [-0.2, -0.15) is 0 Å². The Labute approximate surface area is 178 Å². The number of ether oxygens (including phenoxy) is 2. The lowest BCUT2D eigenvalue weighted by Gasteiger charge is -2.12. The SMILES string of the molecule is COCC(O)CNC(=O)COc1ccc2c(=O)c(-c3ccc(Cl)cc3)c(C)oc2c1. The van der Waals surface area contributed by atoms with Gasteiger partial charge in [0.1, 0.15) is 17.1 Å². The van der Waals surface area contributed by atoms with Crippen molar-refractivity contribution in [2.45, 2.75) is 13.0 Å². The molecule has 0 saturated carbocycles. The Kier molecular flexibility index (Phi) is 7.10. The molecule has 7 nitrogen and oxygen atoms in total. The zero-order chi connectivity index (χ0) is 21.7. The lowest BCUT2D eigenvalue weighted by molar-refractivity contribution is -0.123. The largest absolute Gasteiger partial charge is 0.484 e. The molecular formula is C22H22ClNO6. The van der Waals surface area contributed by atoms with Crippen molar-refractivity contribution >= 4 is 28.5 Å². The van der Waals surface area contributed by atoms with Gasteiger partial charge in [-0.15, -0.1) is 0 Å². The van der Waals surface area contributed by atoms with E-state index in [1.165, 1.54) is 7.11 Å². The summed E-state index contributed by atoms with van der Waals surface area (Å²) >= 11 is 5.93. The zero-order valence-corrected chi connectivity index (χ0v) is 17.4. The van der Waals surface area contributed by atoms with Gasteiger partial charge in [-0.25, -0.2) is 0 Å². The van der Waals surface area contributed by atoms with Gasteiger partial charge in [-0.1, -0.05) is 23.7 Å². The van der Waals surface area contributed by atoms with Crippen molar-refractivity contribution in [2.24, 2.45) is 0 Å². The number of benzene rings is 2. The van der Waals surface area contributed by atoms with E-state index in [4.69, 9.17) is 25.5 Å². The van der Waals surface area contributed by atoms with Gasteiger partial charge in [0.25, 0.3) is 5.91 Å². The van der Waals surface area contributed by atoms with Gasteiger partial charge < -0.3 is 24.3 Å². The predicted molar refractivity (Wildman–Crippen MR) is 114 cm³/mol. The smallest absolute Gasteiger partial charge is 0.258 e. The summed E-state index contributed by atoms with van der Waals surface area (Å²) < 4.78 is 16.1. The first-order valence-electron chi connectivity index (χ1n) is 9.29. The minimum Gasteiger partial charge on any atom is -0.484 e. The third-order valence-corrected chi connectivity index (χ3v) is 4.69. The molecule has 1 heterocycles. The van der Waals surface area contributed by atoms with Crippen LogP contribution >= 0.6 is 11.6 Å². The third-order valence-electron chi connectivity index (χ3n) is 4.44. The Morgan fingerprint density at radius 3 is 2.67 bits per heavy atom. The summed E-state index contributed by atoms with van der Waals surface area (Å²) in [5, 5.41) is 13.1. The fourth-order valence-corrected chi connectivity index (χ4v) is 3.13. The van der Waals surface area contributed by atoms with Gasteiger partial charge in [-0.3, -0.25) is 9.59 Å². The molecule has 2 aromatic carbocycles. The number of halogens is 1. The van der Waals surface area contributed by atoms with Crippen LogP contribution in [0.1, 0.15) is 5.76 Å². The first-order chi connectivity index (χ1) is 14.4. The summed E-state index contributed by atoms with van der Waals surface area (Å²) in [6.45, 7) is 1.67. The quantitative estimate of drug-likeness (QED) is 0.569. The van der Waals surface area contributed by atoms with E-state index in [2.05, 4.69) is 5.32 Å². The Hall–Kier alpha value is -2.87. The summed E-state index contributed by atoms with van der Waals surface area (Å²) in [4.78, 5) is 24.8. The van der Waals surface area contributed by atoms with Crippen molar-refractivity contribution in [1.29, 1.82) is 0 Å². The lowest BCUT2D eigenvalue weighted by atomic mass is 10.0. The molecule has 0 aliphatic heterocycles. The van der Waals surface area contributed by atoms with Crippen molar-refractivity contribution in [2.75, 3.05) is 26.9 Å². The number of hydrogen-bond donors (Lipinski definition) is 2. The minimum atomic E-state index is -0.785. The van der Waals surface area contributed by atoms with Crippen LogP contribution in [0.25, 0.3) is 22.1 Å². The summed E-state index contributed by atoms with van der Waals surface area (Å²) in [6.07, 6.45) is -0.785. The van der Waals surface area contributed by atoms with Crippen LogP contribution in [-0.4, -0.2) is 44.0 Å². The average molecular weight is 432 g/mol. The molecule has 1 unspecified atom stereocenters. The highest BCUT2D eigenvalue weighted by Crippen LogP contribution is 2.27. The molecule has 1 atom stereocenters. The molecule has 8 heteroatoms. The summed E-state index contributed by atoms with van der Waals surface area (Å²) in [6, 6.07) is 11.8. The molecule has 0 saturated heterocycles.